The van der Waals surface area contributed by atoms with Crippen LogP contribution in [0.5, 0.6) is 0 Å². The number of hydrogen-bond donors (Lipinski definition) is 1. The van der Waals surface area contributed by atoms with E-state index in [2.05, 4.69) is 21.2 Å². The molecule has 1 aromatic carbocycles. The van der Waals surface area contributed by atoms with Gasteiger partial charge in [0.05, 0.1) is 6.04 Å². The molecule has 1 saturated heterocycles. The number of amides is 1. The topological polar surface area (TPSA) is 41.6 Å². The molecule has 0 aromatic heterocycles. The van der Waals surface area contributed by atoms with Crippen LogP contribution in [0.15, 0.2) is 22.7 Å². The fourth-order valence-electron chi connectivity index (χ4n) is 2.63. The average Bonchev–Trinajstić information content (AvgIpc) is 2.45. The van der Waals surface area contributed by atoms with Crippen molar-refractivity contribution in [3.05, 3.63) is 27.7 Å². The van der Waals surface area contributed by atoms with Gasteiger partial charge in [-0.1, -0.05) is 11.6 Å². The van der Waals surface area contributed by atoms with Crippen molar-refractivity contribution in [2.75, 3.05) is 18.4 Å². The Morgan fingerprint density at radius 3 is 2.83 bits per heavy atom. The summed E-state index contributed by atoms with van der Waals surface area (Å²) in [5.41, 5.74) is 0.509. The van der Waals surface area contributed by atoms with E-state index in [1.165, 1.54) is 0 Å². The van der Waals surface area contributed by atoms with Crippen molar-refractivity contribution in [3.63, 3.8) is 0 Å². The van der Waals surface area contributed by atoms with Crippen LogP contribution in [-0.4, -0.2) is 35.7 Å². The molecule has 23 heavy (non-hydrogen) atoms. The molecule has 0 saturated carbocycles. The van der Waals surface area contributed by atoms with Crippen LogP contribution in [0, 0.1) is 0 Å². The number of ether oxygens (including phenoxy) is 1. The number of halogens is 2. The van der Waals surface area contributed by atoms with Crippen LogP contribution in [-0.2, 0) is 4.74 Å². The Kier molecular flexibility index (Phi) is 6.20. The van der Waals surface area contributed by atoms with Crippen LogP contribution in [0.2, 0.25) is 5.02 Å². The summed E-state index contributed by atoms with van der Waals surface area (Å²) in [6, 6.07) is 5.78. The van der Waals surface area contributed by atoms with E-state index in [1.54, 1.807) is 0 Å². The van der Waals surface area contributed by atoms with Gasteiger partial charge >= 0.3 is 6.09 Å². The number of piperidine rings is 1. The lowest BCUT2D eigenvalue weighted by Gasteiger charge is -2.37. The number of nitrogens with zero attached hydrogens (tertiary/aromatic N) is 1. The van der Waals surface area contributed by atoms with Crippen LogP contribution in [0.4, 0.5) is 10.5 Å². The maximum atomic E-state index is 12.4. The fraction of sp³-hybridized carbons (Fsp3) is 0.588. The molecule has 0 aliphatic carbocycles. The van der Waals surface area contributed by atoms with Crippen LogP contribution in [0.1, 0.15) is 40.0 Å². The highest BCUT2D eigenvalue weighted by molar-refractivity contribution is 9.10. The summed E-state index contributed by atoms with van der Waals surface area (Å²) < 4.78 is 6.45. The molecule has 1 unspecified atom stereocenters. The summed E-state index contributed by atoms with van der Waals surface area (Å²) >= 11 is 9.47. The highest BCUT2D eigenvalue weighted by Gasteiger charge is 2.30. The number of carbonyl (C=O) groups is 1. The largest absolute Gasteiger partial charge is 0.444 e. The lowest BCUT2D eigenvalue weighted by atomic mass is 10.0. The Morgan fingerprint density at radius 2 is 2.17 bits per heavy atom. The monoisotopic (exact) mass is 402 g/mol. The zero-order valence-corrected chi connectivity index (χ0v) is 16.2. The van der Waals surface area contributed by atoms with Crippen LogP contribution in [0.25, 0.3) is 0 Å². The fourth-order valence-corrected chi connectivity index (χ4v) is 3.46. The average molecular weight is 404 g/mol. The SMILES string of the molecule is CC(C)(C)OC(=O)N1CCCCC1CNc1ccc(Cl)cc1Br. The summed E-state index contributed by atoms with van der Waals surface area (Å²) in [4.78, 5) is 14.2. The molecule has 1 aliphatic heterocycles. The third kappa shape index (κ3) is 5.57. The summed E-state index contributed by atoms with van der Waals surface area (Å²) in [5, 5.41) is 4.09. The third-order valence-electron chi connectivity index (χ3n) is 3.71. The van der Waals surface area contributed by atoms with Gasteiger partial charge in [0.15, 0.2) is 0 Å². The molecule has 1 aliphatic rings. The van der Waals surface area contributed by atoms with E-state index in [4.69, 9.17) is 16.3 Å². The Hall–Kier alpha value is -0.940. The maximum absolute atomic E-state index is 12.4. The highest BCUT2D eigenvalue weighted by Crippen LogP contribution is 2.27. The van der Waals surface area contributed by atoms with Crippen molar-refractivity contribution in [2.24, 2.45) is 0 Å². The van der Waals surface area contributed by atoms with Gasteiger partial charge in [-0.25, -0.2) is 4.79 Å². The molecule has 4 nitrogen and oxygen atoms in total. The lowest BCUT2D eigenvalue weighted by molar-refractivity contribution is 0.0114. The second kappa shape index (κ2) is 7.75. The summed E-state index contributed by atoms with van der Waals surface area (Å²) in [6.07, 6.45) is 2.92. The molecular formula is C17H24BrClN2O2. The van der Waals surface area contributed by atoms with E-state index in [0.717, 1.165) is 36.0 Å². The number of rotatable bonds is 3. The van der Waals surface area contributed by atoms with Gasteiger partial charge in [-0.2, -0.15) is 0 Å². The molecule has 1 aromatic rings. The van der Waals surface area contributed by atoms with E-state index in [0.29, 0.717) is 11.6 Å². The first-order valence-electron chi connectivity index (χ1n) is 7.95. The van der Waals surface area contributed by atoms with Gasteiger partial charge in [0.25, 0.3) is 0 Å². The quantitative estimate of drug-likeness (QED) is 0.744. The second-order valence-electron chi connectivity index (χ2n) is 6.83. The summed E-state index contributed by atoms with van der Waals surface area (Å²) in [5.74, 6) is 0. The molecule has 1 fully saturated rings. The smallest absolute Gasteiger partial charge is 0.410 e. The molecular weight excluding hydrogens is 380 g/mol. The van der Waals surface area contributed by atoms with E-state index >= 15 is 0 Å². The predicted octanol–water partition coefficient (Wildman–Crippen LogP) is 5.30. The van der Waals surface area contributed by atoms with Crippen LogP contribution in [0.3, 0.4) is 0 Å². The summed E-state index contributed by atoms with van der Waals surface area (Å²) in [6.45, 7) is 7.13. The zero-order valence-electron chi connectivity index (χ0n) is 13.9. The first-order valence-corrected chi connectivity index (χ1v) is 9.12. The lowest BCUT2D eigenvalue weighted by Crippen LogP contribution is -2.48. The Balaban J connectivity index is 1.99. The third-order valence-corrected chi connectivity index (χ3v) is 4.61. The van der Waals surface area contributed by atoms with Gasteiger partial charge in [0.2, 0.25) is 0 Å². The molecule has 0 spiro atoms. The zero-order chi connectivity index (χ0) is 17.0. The van der Waals surface area contributed by atoms with E-state index in [9.17, 15) is 4.79 Å². The van der Waals surface area contributed by atoms with Gasteiger partial charge in [0, 0.05) is 28.3 Å². The summed E-state index contributed by atoms with van der Waals surface area (Å²) in [7, 11) is 0. The second-order valence-corrected chi connectivity index (χ2v) is 8.12. The van der Waals surface area contributed by atoms with Crippen LogP contribution < -0.4 is 5.32 Å². The van der Waals surface area contributed by atoms with Crippen molar-refractivity contribution >= 4 is 39.3 Å². The van der Waals surface area contributed by atoms with Crippen LogP contribution >= 0.6 is 27.5 Å². The first kappa shape index (κ1) is 18.4. The van der Waals surface area contributed by atoms with Gasteiger partial charge in [-0.3, -0.25) is 0 Å². The minimum Gasteiger partial charge on any atom is -0.444 e. The van der Waals surface area contributed by atoms with E-state index in [-0.39, 0.29) is 12.1 Å². The molecule has 1 amide bonds. The normalized spacial score (nSPS) is 18.7. The minimum atomic E-state index is -0.467. The van der Waals surface area contributed by atoms with Gasteiger partial charge in [-0.15, -0.1) is 0 Å². The molecule has 2 rings (SSSR count). The molecule has 128 valence electrons. The van der Waals surface area contributed by atoms with Gasteiger partial charge < -0.3 is 15.0 Å². The first-order chi connectivity index (χ1) is 10.8. The van der Waals surface area contributed by atoms with Crippen molar-refractivity contribution in [1.82, 2.24) is 4.90 Å². The molecule has 6 heteroatoms. The van der Waals surface area contributed by atoms with Crippen molar-refractivity contribution in [3.8, 4) is 0 Å². The van der Waals surface area contributed by atoms with Crippen molar-refractivity contribution in [2.45, 2.75) is 51.7 Å². The Labute approximate surface area is 151 Å². The molecule has 1 heterocycles. The van der Waals surface area contributed by atoms with E-state index < -0.39 is 5.60 Å². The van der Waals surface area contributed by atoms with E-state index in [1.807, 2.05) is 43.9 Å². The Morgan fingerprint density at radius 1 is 1.43 bits per heavy atom. The number of anilines is 1. The molecule has 1 atom stereocenters. The van der Waals surface area contributed by atoms with Gasteiger partial charge in [-0.05, 0) is 74.2 Å². The predicted molar refractivity (Wildman–Crippen MR) is 98.2 cm³/mol. The number of carbonyl (C=O) groups excluding carboxylic acids is 1. The number of likely N-dealkylation sites (tertiary alicyclic amines) is 1. The standard InChI is InChI=1S/C17H24BrClN2O2/c1-17(2,3)23-16(22)21-9-5-4-6-13(21)11-20-15-8-7-12(19)10-14(15)18/h7-8,10,13,20H,4-6,9,11H2,1-3H3. The molecule has 0 radical (unpaired) electrons. The Bertz CT molecular complexity index is 560. The van der Waals surface area contributed by atoms with Crippen molar-refractivity contribution in [1.29, 1.82) is 0 Å². The highest BCUT2D eigenvalue weighted by atomic mass is 79.9. The number of hydrogen-bond acceptors (Lipinski definition) is 3. The van der Waals surface area contributed by atoms with Crippen molar-refractivity contribution < 1.29 is 9.53 Å². The van der Waals surface area contributed by atoms with Gasteiger partial charge in [0.1, 0.15) is 5.60 Å². The molecule has 0 bridgehead atoms. The number of nitrogens with one attached hydrogen (secondary N) is 1. The number of benzene rings is 1. The maximum Gasteiger partial charge on any atom is 0.410 e. The minimum absolute atomic E-state index is 0.140. The molecule has 1 N–H and O–H groups in total.